The number of hydrogen-bond donors (Lipinski definition) is 2. The first-order valence-corrected chi connectivity index (χ1v) is 7.63. The lowest BCUT2D eigenvalue weighted by Gasteiger charge is -2.10. The Labute approximate surface area is 141 Å². The average molecular weight is 324 g/mol. The van der Waals surface area contributed by atoms with Crippen molar-refractivity contribution in [3.05, 3.63) is 59.2 Å². The predicted octanol–water partition coefficient (Wildman–Crippen LogP) is 3.47. The Kier molecular flexibility index (Phi) is 5.47. The highest BCUT2D eigenvalue weighted by Crippen LogP contribution is 2.16. The van der Waals surface area contributed by atoms with Crippen LogP contribution in [0.1, 0.15) is 34.8 Å². The van der Waals surface area contributed by atoms with E-state index >= 15 is 0 Å². The van der Waals surface area contributed by atoms with Crippen LogP contribution in [0.3, 0.4) is 0 Å². The lowest BCUT2D eigenvalue weighted by Crippen LogP contribution is -2.21. The summed E-state index contributed by atoms with van der Waals surface area (Å²) < 4.78 is 0. The minimum absolute atomic E-state index is 0.0845. The van der Waals surface area contributed by atoms with E-state index in [0.29, 0.717) is 16.9 Å². The number of carbonyl (C=O) groups is 3. The quantitative estimate of drug-likeness (QED) is 0.653. The number of carbonyl (C=O) groups excluding carboxylic acids is 3. The normalized spacial score (nSPS) is 10.1. The molecule has 0 aliphatic carbocycles. The molecule has 24 heavy (non-hydrogen) atoms. The predicted molar refractivity (Wildman–Crippen MR) is 94.2 cm³/mol. The summed E-state index contributed by atoms with van der Waals surface area (Å²) in [6.45, 7) is 5.33. The number of hydrogen-bond acceptors (Lipinski definition) is 3. The van der Waals surface area contributed by atoms with Gasteiger partial charge in [-0.3, -0.25) is 14.4 Å². The number of benzene rings is 2. The Morgan fingerprint density at radius 3 is 2.29 bits per heavy atom. The smallest absolute Gasteiger partial charge is 0.233 e. The van der Waals surface area contributed by atoms with Crippen LogP contribution in [0.15, 0.2) is 42.5 Å². The molecule has 0 saturated heterocycles. The van der Waals surface area contributed by atoms with E-state index in [1.54, 1.807) is 24.3 Å². The maximum Gasteiger partial charge on any atom is 0.233 e. The van der Waals surface area contributed by atoms with Crippen molar-refractivity contribution >= 4 is 29.0 Å². The molecule has 5 nitrogen and oxygen atoms in total. The Morgan fingerprint density at radius 1 is 0.917 bits per heavy atom. The second kappa shape index (κ2) is 7.55. The van der Waals surface area contributed by atoms with E-state index in [-0.39, 0.29) is 18.1 Å². The Morgan fingerprint density at radius 2 is 1.62 bits per heavy atom. The molecule has 2 N–H and O–H groups in total. The summed E-state index contributed by atoms with van der Waals surface area (Å²) in [7, 11) is 0. The largest absolute Gasteiger partial charge is 0.326 e. The molecule has 0 aromatic heterocycles. The molecule has 0 saturated carbocycles. The molecule has 0 bridgehead atoms. The maximum atomic E-state index is 12.0. The molecule has 0 radical (unpaired) electrons. The van der Waals surface area contributed by atoms with E-state index in [2.05, 4.69) is 10.6 Å². The third-order valence-electron chi connectivity index (χ3n) is 3.53. The van der Waals surface area contributed by atoms with E-state index in [0.717, 1.165) is 11.1 Å². The first-order chi connectivity index (χ1) is 11.3. The van der Waals surface area contributed by atoms with Crippen LogP contribution in [0.5, 0.6) is 0 Å². The number of rotatable bonds is 5. The number of nitrogens with one attached hydrogen (secondary N) is 2. The highest BCUT2D eigenvalue weighted by atomic mass is 16.2. The van der Waals surface area contributed by atoms with Crippen LogP contribution in [0.25, 0.3) is 0 Å². The van der Waals surface area contributed by atoms with Crippen LogP contribution >= 0.6 is 0 Å². The summed E-state index contributed by atoms with van der Waals surface area (Å²) in [5, 5.41) is 5.36. The van der Waals surface area contributed by atoms with Crippen LogP contribution < -0.4 is 10.6 Å². The Balaban J connectivity index is 1.95. The molecule has 0 atom stereocenters. The molecule has 5 heteroatoms. The van der Waals surface area contributed by atoms with Crippen LogP contribution in [-0.4, -0.2) is 17.6 Å². The Bertz CT molecular complexity index is 797. The molecule has 124 valence electrons. The zero-order valence-corrected chi connectivity index (χ0v) is 14.0. The van der Waals surface area contributed by atoms with Gasteiger partial charge in [0, 0.05) is 16.9 Å². The fraction of sp³-hybridized carbons (Fsp3) is 0.211. The molecule has 0 aliphatic rings. The lowest BCUT2D eigenvalue weighted by molar-refractivity contribution is -0.123. The molecule has 2 aromatic rings. The van der Waals surface area contributed by atoms with E-state index < -0.39 is 5.91 Å². The zero-order valence-electron chi connectivity index (χ0n) is 14.0. The van der Waals surface area contributed by atoms with Crippen LogP contribution in [0.2, 0.25) is 0 Å². The standard InChI is InChI=1S/C19H20N2O3/c1-12-7-8-17(13(2)9-12)21-19(24)11-18(23)20-16-6-4-5-15(10-16)14(3)22/h4-10H,11H2,1-3H3,(H,20,23)(H,21,24). The van der Waals surface area contributed by atoms with E-state index in [9.17, 15) is 14.4 Å². The number of aryl methyl sites for hydroxylation is 2. The summed E-state index contributed by atoms with van der Waals surface area (Å²) in [6, 6.07) is 12.3. The highest BCUT2D eigenvalue weighted by Gasteiger charge is 2.11. The SMILES string of the molecule is CC(=O)c1cccc(NC(=O)CC(=O)Nc2ccc(C)cc2C)c1. The Hall–Kier alpha value is -2.95. The van der Waals surface area contributed by atoms with Crippen molar-refractivity contribution in [2.24, 2.45) is 0 Å². The third-order valence-corrected chi connectivity index (χ3v) is 3.53. The van der Waals surface area contributed by atoms with Gasteiger partial charge in [0.15, 0.2) is 5.78 Å². The summed E-state index contributed by atoms with van der Waals surface area (Å²) >= 11 is 0. The van der Waals surface area contributed by atoms with Crippen molar-refractivity contribution in [3.63, 3.8) is 0 Å². The monoisotopic (exact) mass is 324 g/mol. The van der Waals surface area contributed by atoms with E-state index in [1.165, 1.54) is 6.92 Å². The van der Waals surface area contributed by atoms with Gasteiger partial charge in [-0.15, -0.1) is 0 Å². The molecule has 0 fully saturated rings. The molecule has 2 amide bonds. The number of amides is 2. The molecule has 0 unspecified atom stereocenters. The van der Waals surface area contributed by atoms with Gasteiger partial charge in [0.25, 0.3) is 0 Å². The van der Waals surface area contributed by atoms with Gasteiger partial charge >= 0.3 is 0 Å². The lowest BCUT2D eigenvalue weighted by atomic mass is 10.1. The van der Waals surface area contributed by atoms with Crippen LogP contribution in [0.4, 0.5) is 11.4 Å². The van der Waals surface area contributed by atoms with Crippen molar-refractivity contribution in [1.29, 1.82) is 0 Å². The van der Waals surface area contributed by atoms with Gasteiger partial charge in [0.05, 0.1) is 0 Å². The van der Waals surface area contributed by atoms with Crippen molar-refractivity contribution in [2.45, 2.75) is 27.2 Å². The molecule has 0 heterocycles. The number of ketones is 1. The summed E-state index contributed by atoms with van der Waals surface area (Å²) in [5.41, 5.74) is 3.74. The zero-order chi connectivity index (χ0) is 17.7. The van der Waals surface area contributed by atoms with Crippen molar-refractivity contribution < 1.29 is 14.4 Å². The van der Waals surface area contributed by atoms with E-state index in [1.807, 2.05) is 32.0 Å². The van der Waals surface area contributed by atoms with E-state index in [4.69, 9.17) is 0 Å². The van der Waals surface area contributed by atoms with Gasteiger partial charge in [0.2, 0.25) is 11.8 Å². The average Bonchev–Trinajstić information content (AvgIpc) is 2.50. The fourth-order valence-electron chi connectivity index (χ4n) is 2.32. The van der Waals surface area contributed by atoms with Gasteiger partial charge in [-0.05, 0) is 44.5 Å². The second-order valence-corrected chi connectivity index (χ2v) is 5.73. The fourth-order valence-corrected chi connectivity index (χ4v) is 2.32. The number of Topliss-reactive ketones (excluding diaryl/α,β-unsaturated/α-hetero) is 1. The van der Waals surface area contributed by atoms with Gasteiger partial charge in [0.1, 0.15) is 6.42 Å². The molecule has 2 aromatic carbocycles. The molecule has 0 spiro atoms. The molecular weight excluding hydrogens is 304 g/mol. The van der Waals surface area contributed by atoms with Gasteiger partial charge in [-0.25, -0.2) is 0 Å². The van der Waals surface area contributed by atoms with Crippen molar-refractivity contribution in [3.8, 4) is 0 Å². The molecular formula is C19H20N2O3. The minimum atomic E-state index is -0.432. The summed E-state index contributed by atoms with van der Waals surface area (Å²) in [6.07, 6.45) is -0.294. The first kappa shape index (κ1) is 17.4. The van der Waals surface area contributed by atoms with Gasteiger partial charge in [-0.2, -0.15) is 0 Å². The van der Waals surface area contributed by atoms with Crippen molar-refractivity contribution in [2.75, 3.05) is 10.6 Å². The molecule has 0 aliphatic heterocycles. The van der Waals surface area contributed by atoms with Gasteiger partial charge < -0.3 is 10.6 Å². The second-order valence-electron chi connectivity index (χ2n) is 5.73. The third kappa shape index (κ3) is 4.78. The summed E-state index contributed by atoms with van der Waals surface area (Å²) in [4.78, 5) is 35.3. The maximum absolute atomic E-state index is 12.0. The van der Waals surface area contributed by atoms with Gasteiger partial charge in [-0.1, -0.05) is 29.8 Å². The van der Waals surface area contributed by atoms with Crippen molar-refractivity contribution in [1.82, 2.24) is 0 Å². The van der Waals surface area contributed by atoms with Crippen LogP contribution in [-0.2, 0) is 9.59 Å². The highest BCUT2D eigenvalue weighted by molar-refractivity contribution is 6.08. The first-order valence-electron chi connectivity index (χ1n) is 7.63. The topological polar surface area (TPSA) is 75.3 Å². The summed E-state index contributed by atoms with van der Waals surface area (Å²) in [5.74, 6) is -0.904. The number of anilines is 2. The van der Waals surface area contributed by atoms with Crippen LogP contribution in [0, 0.1) is 13.8 Å². The molecule has 2 rings (SSSR count). The minimum Gasteiger partial charge on any atom is -0.326 e.